The van der Waals surface area contributed by atoms with Crippen LogP contribution in [0, 0.1) is 11.6 Å². The summed E-state index contributed by atoms with van der Waals surface area (Å²) in [6.07, 6.45) is 2.50. The molecule has 1 aromatic heterocycles. The SMILES string of the molecule is Cc1cccc(SCc2nc(=S)c(Br)c(C3CC3)[nH]2)c1. The van der Waals surface area contributed by atoms with Crippen LogP contribution in [-0.4, -0.2) is 9.97 Å². The number of hydrogen-bond acceptors (Lipinski definition) is 3. The molecule has 0 amide bonds. The van der Waals surface area contributed by atoms with E-state index >= 15 is 0 Å². The van der Waals surface area contributed by atoms with E-state index in [4.69, 9.17) is 12.2 Å². The minimum Gasteiger partial charge on any atom is -0.345 e. The summed E-state index contributed by atoms with van der Waals surface area (Å²) in [5.41, 5.74) is 2.51. The van der Waals surface area contributed by atoms with Crippen molar-refractivity contribution in [2.24, 2.45) is 0 Å². The number of nitrogens with one attached hydrogen (secondary N) is 1. The number of thioether (sulfide) groups is 1. The minimum absolute atomic E-state index is 0.636. The van der Waals surface area contributed by atoms with Crippen LogP contribution in [0.15, 0.2) is 33.6 Å². The Hall–Kier alpha value is -0.650. The summed E-state index contributed by atoms with van der Waals surface area (Å²) < 4.78 is 1.64. The average molecular weight is 367 g/mol. The number of nitrogens with zero attached hydrogens (tertiary/aromatic N) is 1. The molecule has 0 unspecified atom stereocenters. The van der Waals surface area contributed by atoms with Gasteiger partial charge in [-0.3, -0.25) is 0 Å². The lowest BCUT2D eigenvalue weighted by atomic mass is 10.2. The highest BCUT2D eigenvalue weighted by molar-refractivity contribution is 9.10. The Kier molecular flexibility index (Phi) is 4.29. The predicted octanol–water partition coefficient (Wildman–Crippen LogP) is 5.38. The van der Waals surface area contributed by atoms with E-state index in [1.165, 1.54) is 29.0 Å². The smallest absolute Gasteiger partial charge is 0.144 e. The first-order valence-corrected chi connectivity index (χ1v) is 8.80. The Labute approximate surface area is 136 Å². The summed E-state index contributed by atoms with van der Waals surface area (Å²) in [5.74, 6) is 2.42. The van der Waals surface area contributed by atoms with E-state index in [9.17, 15) is 0 Å². The van der Waals surface area contributed by atoms with Gasteiger partial charge in [0.25, 0.3) is 0 Å². The molecule has 0 atom stereocenters. The van der Waals surface area contributed by atoms with Crippen LogP contribution in [0.3, 0.4) is 0 Å². The maximum atomic E-state index is 5.34. The van der Waals surface area contributed by atoms with Crippen molar-refractivity contribution in [3.63, 3.8) is 0 Å². The molecule has 1 N–H and O–H groups in total. The fourth-order valence-corrected chi connectivity index (χ4v) is 3.72. The first-order chi connectivity index (χ1) is 9.63. The third kappa shape index (κ3) is 3.32. The van der Waals surface area contributed by atoms with Gasteiger partial charge in [-0.15, -0.1) is 11.8 Å². The van der Waals surface area contributed by atoms with Gasteiger partial charge in [0.1, 0.15) is 10.5 Å². The number of H-pyrrole nitrogens is 1. The Morgan fingerprint density at radius 3 is 2.95 bits per heavy atom. The van der Waals surface area contributed by atoms with Gasteiger partial charge in [0, 0.05) is 16.5 Å². The van der Waals surface area contributed by atoms with Gasteiger partial charge >= 0.3 is 0 Å². The van der Waals surface area contributed by atoms with Crippen molar-refractivity contribution < 1.29 is 0 Å². The van der Waals surface area contributed by atoms with Crippen molar-refractivity contribution >= 4 is 39.9 Å². The molecule has 1 fully saturated rings. The van der Waals surface area contributed by atoms with Crippen LogP contribution >= 0.6 is 39.9 Å². The van der Waals surface area contributed by atoms with Crippen LogP contribution < -0.4 is 0 Å². The standard InChI is InChI=1S/C15H15BrN2S2/c1-9-3-2-4-11(7-9)20-8-12-17-14(10-5-6-10)13(16)15(19)18-12/h2-4,7,10H,5-6,8H2,1H3,(H,17,18,19). The number of halogens is 1. The average Bonchev–Trinajstić information content (AvgIpc) is 3.24. The van der Waals surface area contributed by atoms with Crippen molar-refractivity contribution in [1.82, 2.24) is 9.97 Å². The minimum atomic E-state index is 0.636. The zero-order valence-electron chi connectivity index (χ0n) is 11.1. The summed E-state index contributed by atoms with van der Waals surface area (Å²) in [7, 11) is 0. The molecule has 20 heavy (non-hydrogen) atoms. The molecule has 0 aliphatic heterocycles. The number of aryl methyl sites for hydroxylation is 1. The quantitative estimate of drug-likeness (QED) is 0.581. The van der Waals surface area contributed by atoms with Gasteiger partial charge in [-0.1, -0.05) is 29.9 Å². The van der Waals surface area contributed by atoms with Gasteiger partial charge in [-0.25, -0.2) is 4.98 Å². The predicted molar refractivity (Wildman–Crippen MR) is 89.8 cm³/mol. The second kappa shape index (κ2) is 6.00. The third-order valence-corrected chi connectivity index (χ3v) is 5.66. The lowest BCUT2D eigenvalue weighted by molar-refractivity contribution is 0.912. The molecule has 3 rings (SSSR count). The summed E-state index contributed by atoms with van der Waals surface area (Å²) >= 11 is 10.7. The number of aromatic nitrogens is 2. The van der Waals surface area contributed by atoms with Crippen LogP contribution in [0.5, 0.6) is 0 Å². The van der Waals surface area contributed by atoms with Crippen LogP contribution in [0.2, 0.25) is 0 Å². The summed E-state index contributed by atoms with van der Waals surface area (Å²) in [5, 5.41) is 0. The van der Waals surface area contributed by atoms with E-state index in [-0.39, 0.29) is 0 Å². The van der Waals surface area contributed by atoms with Gasteiger partial charge in [-0.2, -0.15) is 0 Å². The largest absolute Gasteiger partial charge is 0.345 e. The maximum Gasteiger partial charge on any atom is 0.144 e. The molecule has 0 bridgehead atoms. The van der Waals surface area contributed by atoms with Crippen molar-refractivity contribution in [2.75, 3.05) is 0 Å². The zero-order chi connectivity index (χ0) is 14.1. The van der Waals surface area contributed by atoms with E-state index in [0.29, 0.717) is 10.6 Å². The fourth-order valence-electron chi connectivity index (χ4n) is 2.10. The van der Waals surface area contributed by atoms with E-state index in [2.05, 4.69) is 57.1 Å². The highest BCUT2D eigenvalue weighted by Gasteiger charge is 2.27. The van der Waals surface area contributed by atoms with Crippen LogP contribution in [-0.2, 0) is 5.75 Å². The second-order valence-electron chi connectivity index (χ2n) is 5.10. The molecular formula is C15H15BrN2S2. The Bertz CT molecular complexity index is 693. The normalized spacial score (nSPS) is 14.5. The van der Waals surface area contributed by atoms with Gasteiger partial charge < -0.3 is 4.98 Å². The number of aromatic amines is 1. The first-order valence-electron chi connectivity index (χ1n) is 6.61. The Morgan fingerprint density at radius 1 is 1.45 bits per heavy atom. The molecule has 0 saturated heterocycles. The summed E-state index contributed by atoms with van der Waals surface area (Å²) in [6.45, 7) is 2.11. The van der Waals surface area contributed by atoms with E-state index in [1.807, 2.05) is 0 Å². The third-order valence-electron chi connectivity index (χ3n) is 3.29. The first kappa shape index (κ1) is 14.3. The summed E-state index contributed by atoms with van der Waals surface area (Å²) in [4.78, 5) is 9.19. The molecule has 2 aromatic rings. The lowest BCUT2D eigenvalue weighted by Gasteiger charge is -2.08. The number of rotatable bonds is 4. The molecule has 0 radical (unpaired) electrons. The topological polar surface area (TPSA) is 28.7 Å². The molecule has 5 heteroatoms. The highest BCUT2D eigenvalue weighted by atomic mass is 79.9. The monoisotopic (exact) mass is 366 g/mol. The molecule has 1 saturated carbocycles. The molecule has 1 aliphatic carbocycles. The molecule has 1 heterocycles. The van der Waals surface area contributed by atoms with Crippen LogP contribution in [0.25, 0.3) is 0 Å². The number of benzene rings is 1. The van der Waals surface area contributed by atoms with Crippen molar-refractivity contribution in [3.05, 3.63) is 50.5 Å². The van der Waals surface area contributed by atoms with Crippen LogP contribution in [0.1, 0.15) is 35.8 Å². The van der Waals surface area contributed by atoms with Crippen molar-refractivity contribution in [2.45, 2.75) is 36.3 Å². The second-order valence-corrected chi connectivity index (χ2v) is 7.32. The molecule has 1 aromatic carbocycles. The molecular weight excluding hydrogens is 352 g/mol. The fraction of sp³-hybridized carbons (Fsp3) is 0.333. The van der Waals surface area contributed by atoms with Gasteiger partial charge in [0.2, 0.25) is 0 Å². The maximum absolute atomic E-state index is 5.34. The van der Waals surface area contributed by atoms with Crippen molar-refractivity contribution in [1.29, 1.82) is 0 Å². The molecule has 104 valence electrons. The Balaban J connectivity index is 1.79. The summed E-state index contributed by atoms with van der Waals surface area (Å²) in [6, 6.07) is 8.53. The molecule has 0 spiro atoms. The lowest BCUT2D eigenvalue weighted by Crippen LogP contribution is -1.99. The molecule has 2 nitrogen and oxygen atoms in total. The highest BCUT2D eigenvalue weighted by Crippen LogP contribution is 2.42. The van der Waals surface area contributed by atoms with Crippen LogP contribution in [0.4, 0.5) is 0 Å². The Morgan fingerprint density at radius 2 is 2.25 bits per heavy atom. The van der Waals surface area contributed by atoms with Gasteiger partial charge in [-0.05, 0) is 47.8 Å². The molecule has 1 aliphatic rings. The van der Waals surface area contributed by atoms with E-state index < -0.39 is 0 Å². The van der Waals surface area contributed by atoms with Gasteiger partial charge in [0.05, 0.1) is 10.2 Å². The zero-order valence-corrected chi connectivity index (χ0v) is 14.4. The van der Waals surface area contributed by atoms with E-state index in [1.54, 1.807) is 11.8 Å². The van der Waals surface area contributed by atoms with Crippen molar-refractivity contribution in [3.8, 4) is 0 Å². The number of hydrogen-bond donors (Lipinski definition) is 1. The van der Waals surface area contributed by atoms with Gasteiger partial charge in [0.15, 0.2) is 0 Å². The van der Waals surface area contributed by atoms with E-state index in [0.717, 1.165) is 16.0 Å².